The molecule has 0 rings (SSSR count). The standard InChI is InChI=1S/C6H10N2O4/c1-12-6(11)8-4(3-9)2-5(7)10/h3-4H,2H2,1H3,(H2,7,10)(H,8,11)/t4-/m1/s1. The van der Waals surface area contributed by atoms with Crippen molar-refractivity contribution in [1.82, 2.24) is 5.32 Å². The number of amides is 2. The third-order valence-corrected chi connectivity index (χ3v) is 1.07. The molecular formula is C6H10N2O4. The molecule has 0 heterocycles. The summed E-state index contributed by atoms with van der Waals surface area (Å²) in [6.45, 7) is 0. The number of carbonyl (C=O) groups excluding carboxylic acids is 3. The highest BCUT2D eigenvalue weighted by Crippen LogP contribution is 1.87. The van der Waals surface area contributed by atoms with E-state index in [-0.39, 0.29) is 6.42 Å². The van der Waals surface area contributed by atoms with E-state index in [0.29, 0.717) is 6.29 Å². The van der Waals surface area contributed by atoms with Crippen LogP contribution in [-0.4, -0.2) is 31.4 Å². The molecule has 12 heavy (non-hydrogen) atoms. The number of hydrogen-bond donors (Lipinski definition) is 2. The summed E-state index contributed by atoms with van der Waals surface area (Å²) < 4.78 is 4.20. The zero-order chi connectivity index (χ0) is 9.56. The Balaban J connectivity index is 3.90. The minimum Gasteiger partial charge on any atom is -0.453 e. The van der Waals surface area contributed by atoms with Gasteiger partial charge in [-0.3, -0.25) is 4.79 Å². The Hall–Kier alpha value is -1.59. The van der Waals surface area contributed by atoms with Crippen molar-refractivity contribution in [2.24, 2.45) is 5.73 Å². The highest BCUT2D eigenvalue weighted by molar-refractivity contribution is 5.81. The number of ether oxygens (including phenoxy) is 1. The van der Waals surface area contributed by atoms with Gasteiger partial charge in [0.15, 0.2) is 0 Å². The van der Waals surface area contributed by atoms with E-state index in [2.05, 4.69) is 10.1 Å². The van der Waals surface area contributed by atoms with Gasteiger partial charge in [-0.2, -0.15) is 0 Å². The lowest BCUT2D eigenvalue weighted by Crippen LogP contribution is -2.38. The van der Waals surface area contributed by atoms with Crippen LogP contribution in [0.1, 0.15) is 6.42 Å². The first kappa shape index (κ1) is 10.4. The summed E-state index contributed by atoms with van der Waals surface area (Å²) >= 11 is 0. The largest absolute Gasteiger partial charge is 0.453 e. The van der Waals surface area contributed by atoms with Crippen LogP contribution in [0.5, 0.6) is 0 Å². The minimum absolute atomic E-state index is 0.224. The van der Waals surface area contributed by atoms with Gasteiger partial charge in [0.2, 0.25) is 5.91 Å². The van der Waals surface area contributed by atoms with Crippen molar-refractivity contribution < 1.29 is 19.1 Å². The summed E-state index contributed by atoms with van der Waals surface area (Å²) in [6, 6.07) is -0.907. The molecule has 0 unspecified atom stereocenters. The van der Waals surface area contributed by atoms with Gasteiger partial charge in [0.25, 0.3) is 0 Å². The molecule has 0 aromatic rings. The van der Waals surface area contributed by atoms with Gasteiger partial charge in [-0.1, -0.05) is 0 Å². The molecule has 3 N–H and O–H groups in total. The van der Waals surface area contributed by atoms with Crippen LogP contribution in [0.15, 0.2) is 0 Å². The van der Waals surface area contributed by atoms with Crippen molar-refractivity contribution in [3.05, 3.63) is 0 Å². The van der Waals surface area contributed by atoms with Crippen molar-refractivity contribution in [2.45, 2.75) is 12.5 Å². The molecule has 0 saturated carbocycles. The Morgan fingerprint density at radius 2 is 2.25 bits per heavy atom. The van der Waals surface area contributed by atoms with Crippen molar-refractivity contribution in [1.29, 1.82) is 0 Å². The second-order valence-electron chi connectivity index (χ2n) is 2.05. The lowest BCUT2D eigenvalue weighted by Gasteiger charge is -2.08. The third-order valence-electron chi connectivity index (χ3n) is 1.07. The SMILES string of the molecule is COC(=O)N[C@@H](C=O)CC(N)=O. The molecule has 0 aliphatic rings. The molecule has 0 aromatic heterocycles. The van der Waals surface area contributed by atoms with E-state index in [1.54, 1.807) is 0 Å². The normalized spacial score (nSPS) is 11.4. The monoisotopic (exact) mass is 174 g/mol. The maximum Gasteiger partial charge on any atom is 0.407 e. The van der Waals surface area contributed by atoms with Gasteiger partial charge in [0.1, 0.15) is 6.29 Å². The molecule has 68 valence electrons. The maximum absolute atomic E-state index is 10.5. The molecular weight excluding hydrogens is 164 g/mol. The van der Waals surface area contributed by atoms with E-state index in [4.69, 9.17) is 5.73 Å². The van der Waals surface area contributed by atoms with E-state index in [0.717, 1.165) is 7.11 Å². The van der Waals surface area contributed by atoms with Crippen LogP contribution < -0.4 is 11.1 Å². The molecule has 0 radical (unpaired) electrons. The Morgan fingerprint density at radius 1 is 1.67 bits per heavy atom. The number of carbonyl (C=O) groups is 3. The zero-order valence-electron chi connectivity index (χ0n) is 6.57. The summed E-state index contributed by atoms with van der Waals surface area (Å²) in [5, 5.41) is 2.12. The van der Waals surface area contributed by atoms with Gasteiger partial charge in [-0.25, -0.2) is 4.79 Å². The molecule has 2 amide bonds. The second-order valence-corrected chi connectivity index (χ2v) is 2.05. The van der Waals surface area contributed by atoms with Gasteiger partial charge in [-0.15, -0.1) is 0 Å². The molecule has 0 bridgehead atoms. The van der Waals surface area contributed by atoms with Crippen LogP contribution >= 0.6 is 0 Å². The summed E-state index contributed by atoms with van der Waals surface area (Å²) in [4.78, 5) is 31.0. The third kappa shape index (κ3) is 4.26. The predicted octanol–water partition coefficient (Wildman–Crippen LogP) is -1.21. The fraction of sp³-hybridized carbons (Fsp3) is 0.500. The first-order valence-electron chi connectivity index (χ1n) is 3.18. The molecule has 0 aliphatic carbocycles. The Morgan fingerprint density at radius 3 is 2.58 bits per heavy atom. The number of nitrogens with two attached hydrogens (primary N) is 1. The number of aldehydes is 1. The number of alkyl carbamates (subject to hydrolysis) is 1. The molecule has 0 saturated heterocycles. The van der Waals surface area contributed by atoms with Gasteiger partial charge in [0.05, 0.1) is 19.6 Å². The quantitative estimate of drug-likeness (QED) is 0.522. The number of rotatable bonds is 4. The van der Waals surface area contributed by atoms with Crippen LogP contribution in [-0.2, 0) is 14.3 Å². The lowest BCUT2D eigenvalue weighted by atomic mass is 10.2. The minimum atomic E-state index is -0.907. The average molecular weight is 174 g/mol. The number of hydrogen-bond acceptors (Lipinski definition) is 4. The van der Waals surface area contributed by atoms with Crippen LogP contribution in [0.2, 0.25) is 0 Å². The Kier molecular flexibility index (Phi) is 4.43. The van der Waals surface area contributed by atoms with Gasteiger partial charge in [-0.05, 0) is 0 Å². The highest BCUT2D eigenvalue weighted by Gasteiger charge is 2.13. The average Bonchev–Trinajstić information content (AvgIpc) is 2.02. The van der Waals surface area contributed by atoms with E-state index >= 15 is 0 Å². The Labute approximate surface area is 69.1 Å². The van der Waals surface area contributed by atoms with Gasteiger partial charge in [0, 0.05) is 0 Å². The van der Waals surface area contributed by atoms with Crippen LogP contribution in [0.3, 0.4) is 0 Å². The fourth-order valence-corrected chi connectivity index (χ4v) is 0.560. The highest BCUT2D eigenvalue weighted by atomic mass is 16.5. The van der Waals surface area contributed by atoms with Crippen molar-refractivity contribution in [3.63, 3.8) is 0 Å². The smallest absolute Gasteiger partial charge is 0.407 e. The van der Waals surface area contributed by atoms with Gasteiger partial charge >= 0.3 is 6.09 Å². The molecule has 6 heteroatoms. The fourth-order valence-electron chi connectivity index (χ4n) is 0.560. The molecule has 0 aliphatic heterocycles. The van der Waals surface area contributed by atoms with E-state index in [1.807, 2.05) is 0 Å². The van der Waals surface area contributed by atoms with Crippen LogP contribution in [0.25, 0.3) is 0 Å². The molecule has 6 nitrogen and oxygen atoms in total. The Bertz CT molecular complexity index is 192. The number of primary amides is 1. The van der Waals surface area contributed by atoms with Crippen molar-refractivity contribution in [3.8, 4) is 0 Å². The first-order valence-corrected chi connectivity index (χ1v) is 3.18. The summed E-state index contributed by atoms with van der Waals surface area (Å²) in [6.07, 6.45) is -0.575. The van der Waals surface area contributed by atoms with Crippen molar-refractivity contribution in [2.75, 3.05) is 7.11 Å². The predicted molar refractivity (Wildman–Crippen MR) is 39.2 cm³/mol. The molecule has 0 fully saturated rings. The van der Waals surface area contributed by atoms with Crippen LogP contribution in [0, 0.1) is 0 Å². The van der Waals surface area contributed by atoms with Gasteiger partial charge < -0.3 is 20.6 Å². The van der Waals surface area contributed by atoms with E-state index in [9.17, 15) is 14.4 Å². The zero-order valence-corrected chi connectivity index (χ0v) is 6.57. The van der Waals surface area contributed by atoms with E-state index < -0.39 is 18.0 Å². The number of methoxy groups -OCH3 is 1. The molecule has 0 aromatic carbocycles. The summed E-state index contributed by atoms with van der Waals surface area (Å²) in [5.41, 5.74) is 4.80. The summed E-state index contributed by atoms with van der Waals surface area (Å²) in [5.74, 6) is -0.663. The number of nitrogens with one attached hydrogen (secondary N) is 1. The van der Waals surface area contributed by atoms with Crippen molar-refractivity contribution >= 4 is 18.3 Å². The second kappa shape index (κ2) is 5.11. The first-order chi connectivity index (χ1) is 5.60. The summed E-state index contributed by atoms with van der Waals surface area (Å²) in [7, 11) is 1.15. The van der Waals surface area contributed by atoms with Crippen LogP contribution in [0.4, 0.5) is 4.79 Å². The molecule has 1 atom stereocenters. The molecule has 0 spiro atoms. The lowest BCUT2D eigenvalue weighted by molar-refractivity contribution is -0.120. The van der Waals surface area contributed by atoms with E-state index in [1.165, 1.54) is 0 Å². The maximum atomic E-state index is 10.5. The topological polar surface area (TPSA) is 98.5 Å².